The molecule has 0 amide bonds. The lowest BCUT2D eigenvalue weighted by Gasteiger charge is -2.20. The van der Waals surface area contributed by atoms with Crippen molar-refractivity contribution in [3.63, 3.8) is 0 Å². The van der Waals surface area contributed by atoms with E-state index in [2.05, 4.69) is 4.98 Å². The molecule has 2 heterocycles. The Morgan fingerprint density at radius 2 is 2.38 bits per heavy atom. The summed E-state index contributed by atoms with van der Waals surface area (Å²) in [5, 5.41) is 9.16. The molecule has 1 fully saturated rings. The van der Waals surface area contributed by atoms with Crippen molar-refractivity contribution in [1.82, 2.24) is 9.55 Å². The van der Waals surface area contributed by atoms with Crippen LogP contribution in [0.2, 0.25) is 0 Å². The van der Waals surface area contributed by atoms with Crippen LogP contribution in [-0.2, 0) is 4.74 Å². The molecule has 1 aromatic heterocycles. The van der Waals surface area contributed by atoms with Gasteiger partial charge in [0.2, 0.25) is 0 Å². The van der Waals surface area contributed by atoms with E-state index in [1.54, 1.807) is 29.2 Å². The number of benzene rings is 1. The van der Waals surface area contributed by atoms with Crippen LogP contribution in [0.1, 0.15) is 23.7 Å². The molecule has 0 saturated carbocycles. The maximum atomic E-state index is 13.8. The molecule has 0 bridgehead atoms. The first-order valence-corrected chi connectivity index (χ1v) is 6.77. The van der Waals surface area contributed by atoms with Gasteiger partial charge in [-0.25, -0.2) is 9.37 Å². The highest BCUT2D eigenvalue weighted by Crippen LogP contribution is 2.29. The monoisotopic (exact) mass is 286 g/mol. The van der Waals surface area contributed by atoms with Crippen LogP contribution in [0.15, 0.2) is 30.7 Å². The fourth-order valence-electron chi connectivity index (χ4n) is 2.65. The molecular weight excluding hydrogens is 271 g/mol. The minimum atomic E-state index is -0.549. The van der Waals surface area contributed by atoms with Gasteiger partial charge in [-0.2, -0.15) is 5.26 Å². The third-order valence-electron chi connectivity index (χ3n) is 3.84. The summed E-state index contributed by atoms with van der Waals surface area (Å²) in [6.45, 7) is 1.32. The summed E-state index contributed by atoms with van der Waals surface area (Å²) in [4.78, 5) is 4.11. The third kappa shape index (κ3) is 2.42. The summed E-state index contributed by atoms with van der Waals surface area (Å²) in [6, 6.07) is 6.16. The number of halogens is 1. The van der Waals surface area contributed by atoms with Crippen LogP contribution in [0, 0.1) is 23.1 Å². The predicted octanol–water partition coefficient (Wildman–Crippen LogP) is 1.92. The van der Waals surface area contributed by atoms with Crippen molar-refractivity contribution in [2.75, 3.05) is 13.2 Å². The van der Waals surface area contributed by atoms with Gasteiger partial charge in [-0.05, 0) is 18.6 Å². The van der Waals surface area contributed by atoms with Gasteiger partial charge in [0.05, 0.1) is 36.6 Å². The van der Waals surface area contributed by atoms with Crippen molar-refractivity contribution >= 4 is 0 Å². The molecule has 0 aliphatic carbocycles. The fourth-order valence-corrected chi connectivity index (χ4v) is 2.65. The highest BCUT2D eigenvalue weighted by molar-refractivity contribution is 5.50. The van der Waals surface area contributed by atoms with Gasteiger partial charge in [0, 0.05) is 12.5 Å². The Kier molecular flexibility index (Phi) is 3.69. The lowest BCUT2D eigenvalue weighted by molar-refractivity contribution is 0.180. The fraction of sp³-hybridized carbons (Fsp3) is 0.333. The normalized spacial score (nSPS) is 19.4. The predicted molar refractivity (Wildman–Crippen MR) is 74.1 cm³/mol. The molecule has 21 heavy (non-hydrogen) atoms. The quantitative estimate of drug-likeness (QED) is 0.935. The van der Waals surface area contributed by atoms with E-state index in [4.69, 9.17) is 15.7 Å². The molecular formula is C15H15FN4O. The van der Waals surface area contributed by atoms with Gasteiger partial charge in [0.1, 0.15) is 17.4 Å². The van der Waals surface area contributed by atoms with E-state index in [0.29, 0.717) is 18.9 Å². The van der Waals surface area contributed by atoms with Gasteiger partial charge in [0.15, 0.2) is 0 Å². The zero-order valence-corrected chi connectivity index (χ0v) is 11.4. The first-order valence-electron chi connectivity index (χ1n) is 6.77. The number of nitriles is 1. The largest absolute Gasteiger partial charge is 0.381 e. The molecule has 1 saturated heterocycles. The van der Waals surface area contributed by atoms with Crippen LogP contribution < -0.4 is 5.73 Å². The summed E-state index contributed by atoms with van der Waals surface area (Å²) < 4.78 is 20.8. The number of imidazole rings is 1. The maximum absolute atomic E-state index is 13.8. The summed E-state index contributed by atoms with van der Waals surface area (Å²) in [6.07, 6.45) is 4.11. The smallest absolute Gasteiger partial charge is 0.143 e. The number of nitrogens with zero attached hydrogens (tertiary/aromatic N) is 3. The SMILES string of the molecule is N#Cc1c(F)cccc1-n1cncc1C(N)C1CCOC1. The Morgan fingerprint density at radius 3 is 3.10 bits per heavy atom. The van der Waals surface area contributed by atoms with E-state index in [1.165, 1.54) is 6.07 Å². The second-order valence-electron chi connectivity index (χ2n) is 5.08. The molecule has 0 spiro atoms. The average molecular weight is 286 g/mol. The number of hydrogen-bond acceptors (Lipinski definition) is 4. The number of ether oxygens (including phenoxy) is 1. The van der Waals surface area contributed by atoms with Gasteiger partial charge >= 0.3 is 0 Å². The molecule has 1 aliphatic rings. The average Bonchev–Trinajstić information content (AvgIpc) is 3.17. The van der Waals surface area contributed by atoms with Crippen LogP contribution in [-0.4, -0.2) is 22.8 Å². The van der Waals surface area contributed by atoms with E-state index < -0.39 is 5.82 Å². The second-order valence-corrected chi connectivity index (χ2v) is 5.08. The molecule has 1 aromatic carbocycles. The van der Waals surface area contributed by atoms with Gasteiger partial charge in [-0.3, -0.25) is 0 Å². The zero-order valence-electron chi connectivity index (χ0n) is 11.4. The highest BCUT2D eigenvalue weighted by atomic mass is 19.1. The number of hydrogen-bond donors (Lipinski definition) is 1. The zero-order chi connectivity index (χ0) is 14.8. The Labute approximate surface area is 121 Å². The molecule has 2 N–H and O–H groups in total. The maximum Gasteiger partial charge on any atom is 0.143 e. The summed E-state index contributed by atoms with van der Waals surface area (Å²) in [7, 11) is 0. The van der Waals surface area contributed by atoms with Crippen molar-refractivity contribution in [2.24, 2.45) is 11.7 Å². The Balaban J connectivity index is 2.03. The van der Waals surface area contributed by atoms with E-state index in [0.717, 1.165) is 12.1 Å². The lowest BCUT2D eigenvalue weighted by Crippen LogP contribution is -2.24. The van der Waals surface area contributed by atoms with Crippen LogP contribution in [0.5, 0.6) is 0 Å². The Bertz CT molecular complexity index is 685. The van der Waals surface area contributed by atoms with Crippen LogP contribution >= 0.6 is 0 Å². The van der Waals surface area contributed by atoms with Crippen LogP contribution in [0.4, 0.5) is 4.39 Å². The van der Waals surface area contributed by atoms with E-state index in [1.807, 2.05) is 6.07 Å². The van der Waals surface area contributed by atoms with Crippen LogP contribution in [0.25, 0.3) is 5.69 Å². The van der Waals surface area contributed by atoms with Gasteiger partial charge in [-0.1, -0.05) is 6.07 Å². The number of nitrogens with two attached hydrogens (primary N) is 1. The molecule has 2 unspecified atom stereocenters. The summed E-state index contributed by atoms with van der Waals surface area (Å²) in [5.41, 5.74) is 7.50. The Hall–Kier alpha value is -2.23. The molecule has 2 atom stereocenters. The molecule has 108 valence electrons. The standard InChI is InChI=1S/C15H15FN4O/c16-12-2-1-3-13(11(12)6-17)20-9-19-7-14(20)15(18)10-4-5-21-8-10/h1-3,7,9-10,15H,4-5,8,18H2. The summed E-state index contributed by atoms with van der Waals surface area (Å²) in [5.74, 6) is -0.341. The number of rotatable bonds is 3. The lowest BCUT2D eigenvalue weighted by atomic mass is 9.97. The molecule has 6 heteroatoms. The van der Waals surface area contributed by atoms with Crippen LogP contribution in [0.3, 0.4) is 0 Å². The minimum absolute atomic E-state index is 0.00776. The second kappa shape index (κ2) is 5.64. The first-order chi connectivity index (χ1) is 10.2. The van der Waals surface area contributed by atoms with Crippen molar-refractivity contribution in [3.8, 4) is 11.8 Å². The van der Waals surface area contributed by atoms with E-state index >= 15 is 0 Å². The Morgan fingerprint density at radius 1 is 1.52 bits per heavy atom. The van der Waals surface area contributed by atoms with Crippen molar-refractivity contribution in [1.29, 1.82) is 5.26 Å². The summed E-state index contributed by atoms with van der Waals surface area (Å²) >= 11 is 0. The van der Waals surface area contributed by atoms with Crippen molar-refractivity contribution in [2.45, 2.75) is 12.5 Å². The third-order valence-corrected chi connectivity index (χ3v) is 3.84. The number of aromatic nitrogens is 2. The molecule has 5 nitrogen and oxygen atoms in total. The van der Waals surface area contributed by atoms with Crippen molar-refractivity contribution in [3.05, 3.63) is 47.8 Å². The first kappa shape index (κ1) is 13.7. The van der Waals surface area contributed by atoms with Crippen molar-refractivity contribution < 1.29 is 9.13 Å². The molecule has 0 radical (unpaired) electrons. The van der Waals surface area contributed by atoms with Gasteiger partial charge < -0.3 is 15.0 Å². The minimum Gasteiger partial charge on any atom is -0.381 e. The molecule has 2 aromatic rings. The van der Waals surface area contributed by atoms with E-state index in [-0.39, 0.29) is 17.5 Å². The topological polar surface area (TPSA) is 76.9 Å². The van der Waals surface area contributed by atoms with E-state index in [9.17, 15) is 4.39 Å². The van der Waals surface area contributed by atoms with Gasteiger partial charge in [-0.15, -0.1) is 0 Å². The highest BCUT2D eigenvalue weighted by Gasteiger charge is 2.27. The molecule has 1 aliphatic heterocycles. The molecule has 3 rings (SSSR count). The van der Waals surface area contributed by atoms with Gasteiger partial charge in [0.25, 0.3) is 0 Å².